The van der Waals surface area contributed by atoms with E-state index in [0.29, 0.717) is 56.1 Å². The summed E-state index contributed by atoms with van der Waals surface area (Å²) in [6.07, 6.45) is 0.611. The lowest BCUT2D eigenvalue weighted by Gasteiger charge is -2.54. The SMILES string of the molecule is CCc1c(N2CCN(C(=O)c3ncnc(C)c3O)[C@H]3CC[C@@H]32)c(=O)n2nc(C3=CCOCC3)nc2n1CC(=O)Nc1ccc(C(F)(F)F)cc1Cl. The van der Waals surface area contributed by atoms with Crippen molar-refractivity contribution < 1.29 is 32.6 Å². The molecule has 2 aliphatic heterocycles. The second-order valence-electron chi connectivity index (χ2n) is 12.5. The number of aromatic hydroxyl groups is 1. The van der Waals surface area contributed by atoms with Crippen LogP contribution in [0.25, 0.3) is 11.4 Å². The number of alkyl halides is 3. The summed E-state index contributed by atoms with van der Waals surface area (Å²) in [6.45, 7) is 4.36. The van der Waals surface area contributed by atoms with Crippen LogP contribution in [0.1, 0.15) is 59.5 Å². The molecule has 18 heteroatoms. The number of rotatable bonds is 7. The Kier molecular flexibility index (Phi) is 8.95. The molecule has 0 radical (unpaired) electrons. The van der Waals surface area contributed by atoms with Crippen molar-refractivity contribution in [3.05, 3.63) is 74.4 Å². The van der Waals surface area contributed by atoms with Crippen LogP contribution >= 0.6 is 11.6 Å². The normalized spacial score (nSPS) is 19.1. The van der Waals surface area contributed by atoms with Gasteiger partial charge in [-0.1, -0.05) is 24.6 Å². The molecule has 2 N–H and O–H groups in total. The first-order valence-electron chi connectivity index (χ1n) is 16.4. The highest BCUT2D eigenvalue weighted by Crippen LogP contribution is 2.39. The van der Waals surface area contributed by atoms with Gasteiger partial charge in [-0.25, -0.2) is 9.97 Å². The largest absolute Gasteiger partial charge is 0.504 e. The minimum atomic E-state index is -4.61. The van der Waals surface area contributed by atoms with Gasteiger partial charge >= 0.3 is 6.18 Å². The number of piperazine rings is 1. The molecule has 0 bridgehead atoms. The maximum Gasteiger partial charge on any atom is 0.416 e. The fourth-order valence-corrected chi connectivity index (χ4v) is 7.15. The fourth-order valence-electron chi connectivity index (χ4n) is 6.92. The van der Waals surface area contributed by atoms with Crippen LogP contribution in [0.4, 0.5) is 24.5 Å². The molecule has 7 rings (SSSR count). The standard InChI is InChI=1S/C33H33ClF3N9O5/c1-3-22-27(43-10-11-44(24-7-6-23(24)43)30(49)26-28(48)17(2)38-16-39-26)31(50)46-32(41-29(42-46)18-8-12-51-13-9-18)45(22)15-25(47)40-21-5-4-19(14-20(21)34)33(35,36)37/h4-5,8,14,16,23-24,48H,3,6-7,9-13,15H2,1-2H3,(H,40,47)/t23-,24-/m0/s1. The zero-order chi connectivity index (χ0) is 36.2. The topological polar surface area (TPSA) is 160 Å². The molecule has 0 spiro atoms. The molecule has 51 heavy (non-hydrogen) atoms. The summed E-state index contributed by atoms with van der Waals surface area (Å²) in [5.74, 6) is -0.897. The number of hydrogen-bond donors (Lipinski definition) is 2. The molecule has 3 aliphatic rings. The Bertz CT molecular complexity index is 2150. The lowest BCUT2D eigenvalue weighted by molar-refractivity contribution is -0.137. The van der Waals surface area contributed by atoms with Crippen LogP contribution in [0.5, 0.6) is 5.75 Å². The summed E-state index contributed by atoms with van der Waals surface area (Å²) in [5.41, 5.74) is 0.381. The molecule has 0 unspecified atom stereocenters. The van der Waals surface area contributed by atoms with E-state index >= 15 is 0 Å². The maximum absolute atomic E-state index is 14.4. The Labute approximate surface area is 293 Å². The highest BCUT2D eigenvalue weighted by Gasteiger charge is 2.47. The van der Waals surface area contributed by atoms with E-state index < -0.39 is 29.1 Å². The average molecular weight is 728 g/mol. The first-order valence-corrected chi connectivity index (χ1v) is 16.8. The Morgan fingerprint density at radius 1 is 1.16 bits per heavy atom. The molecular weight excluding hydrogens is 695 g/mol. The molecule has 3 aromatic heterocycles. The number of ether oxygens (including phenoxy) is 1. The first-order chi connectivity index (χ1) is 24.4. The Morgan fingerprint density at radius 2 is 1.94 bits per heavy atom. The van der Waals surface area contributed by atoms with E-state index in [1.54, 1.807) is 16.4 Å². The summed E-state index contributed by atoms with van der Waals surface area (Å²) in [5, 5.41) is 17.4. The number of halogens is 4. The second kappa shape index (κ2) is 13.3. The van der Waals surface area contributed by atoms with E-state index in [1.807, 2.05) is 17.9 Å². The molecule has 4 aromatic rings. The van der Waals surface area contributed by atoms with Crippen molar-refractivity contribution >= 4 is 46.1 Å². The van der Waals surface area contributed by atoms with Crippen LogP contribution in [-0.4, -0.2) is 89.3 Å². The van der Waals surface area contributed by atoms with Crippen molar-refractivity contribution in [3.63, 3.8) is 0 Å². The van der Waals surface area contributed by atoms with Gasteiger partial charge in [0.15, 0.2) is 17.3 Å². The molecule has 1 aliphatic carbocycles. The molecule has 1 saturated carbocycles. The smallest absolute Gasteiger partial charge is 0.416 e. The predicted octanol–water partition coefficient (Wildman–Crippen LogP) is 3.87. The van der Waals surface area contributed by atoms with E-state index in [0.717, 1.165) is 23.8 Å². The molecule has 268 valence electrons. The zero-order valence-electron chi connectivity index (χ0n) is 27.6. The van der Waals surface area contributed by atoms with Gasteiger partial charge in [-0.05, 0) is 56.4 Å². The monoisotopic (exact) mass is 727 g/mol. The van der Waals surface area contributed by atoms with Crippen LogP contribution in [0, 0.1) is 6.92 Å². The van der Waals surface area contributed by atoms with Crippen molar-refractivity contribution in [1.29, 1.82) is 0 Å². The van der Waals surface area contributed by atoms with Gasteiger partial charge in [0.2, 0.25) is 11.7 Å². The molecular formula is C33H33ClF3N9O5. The van der Waals surface area contributed by atoms with E-state index in [9.17, 15) is 32.7 Å². The number of nitrogens with zero attached hydrogens (tertiary/aromatic N) is 8. The number of benzene rings is 1. The van der Waals surface area contributed by atoms with Gasteiger partial charge in [0.1, 0.15) is 18.6 Å². The van der Waals surface area contributed by atoms with Crippen LogP contribution < -0.4 is 15.8 Å². The van der Waals surface area contributed by atoms with Gasteiger partial charge in [-0.3, -0.25) is 14.4 Å². The van der Waals surface area contributed by atoms with Gasteiger partial charge < -0.3 is 29.5 Å². The van der Waals surface area contributed by atoms with Crippen LogP contribution in [-0.2, 0) is 28.7 Å². The number of hydrogen-bond acceptors (Lipinski definition) is 10. The molecule has 14 nitrogen and oxygen atoms in total. The van der Waals surface area contributed by atoms with Gasteiger partial charge in [0.05, 0.1) is 46.9 Å². The Morgan fingerprint density at radius 3 is 2.61 bits per heavy atom. The van der Waals surface area contributed by atoms with Crippen molar-refractivity contribution in [2.45, 2.75) is 64.3 Å². The van der Waals surface area contributed by atoms with Crippen molar-refractivity contribution in [2.75, 3.05) is 36.5 Å². The number of aryl methyl sites for hydroxylation is 1. The van der Waals surface area contributed by atoms with Gasteiger partial charge in [0, 0.05) is 19.1 Å². The molecule has 2 amide bonds. The first kappa shape index (κ1) is 34.4. The van der Waals surface area contributed by atoms with E-state index in [1.165, 1.54) is 10.8 Å². The lowest BCUT2D eigenvalue weighted by Crippen LogP contribution is -2.67. The van der Waals surface area contributed by atoms with E-state index in [4.69, 9.17) is 21.3 Å². The third kappa shape index (κ3) is 6.17. The number of carbonyl (C=O) groups is 2. The lowest BCUT2D eigenvalue weighted by atomic mass is 9.81. The average Bonchev–Trinajstić information content (AvgIpc) is 3.54. The van der Waals surface area contributed by atoms with Crippen LogP contribution in [0.3, 0.4) is 0 Å². The van der Waals surface area contributed by atoms with Gasteiger partial charge in [-0.2, -0.15) is 22.7 Å². The van der Waals surface area contributed by atoms with E-state index in [-0.39, 0.29) is 65.3 Å². The van der Waals surface area contributed by atoms with Crippen LogP contribution in [0.2, 0.25) is 5.02 Å². The van der Waals surface area contributed by atoms with Crippen molar-refractivity contribution in [2.24, 2.45) is 0 Å². The summed E-state index contributed by atoms with van der Waals surface area (Å²) in [4.78, 5) is 57.9. The number of anilines is 2. The third-order valence-corrected chi connectivity index (χ3v) is 9.94. The summed E-state index contributed by atoms with van der Waals surface area (Å²) < 4.78 is 47.9. The number of carbonyl (C=O) groups excluding carboxylic acids is 2. The second-order valence-corrected chi connectivity index (χ2v) is 12.9. The molecule has 1 saturated heterocycles. The third-order valence-electron chi connectivity index (χ3n) is 9.62. The number of fused-ring (bicyclic) bond motifs is 2. The van der Waals surface area contributed by atoms with Crippen molar-refractivity contribution in [3.8, 4) is 5.75 Å². The quantitative estimate of drug-likeness (QED) is 0.286. The minimum absolute atomic E-state index is 0.0115. The number of nitrogens with one attached hydrogen (secondary N) is 1. The molecule has 5 heterocycles. The van der Waals surface area contributed by atoms with Gasteiger partial charge in [0.25, 0.3) is 11.5 Å². The predicted molar refractivity (Wildman–Crippen MR) is 179 cm³/mol. The molecule has 2 fully saturated rings. The van der Waals surface area contributed by atoms with Crippen LogP contribution in [0.15, 0.2) is 35.4 Å². The Balaban J connectivity index is 1.27. The van der Waals surface area contributed by atoms with E-state index in [2.05, 4.69) is 20.4 Å². The Hall–Kier alpha value is -5.03. The summed E-state index contributed by atoms with van der Waals surface area (Å²) >= 11 is 6.14. The fraction of sp³-hybridized carbons (Fsp3) is 0.424. The maximum atomic E-state index is 14.4. The summed E-state index contributed by atoms with van der Waals surface area (Å²) in [6, 6.07) is 2.12. The zero-order valence-corrected chi connectivity index (χ0v) is 28.3. The molecule has 2 atom stereocenters. The number of amides is 2. The van der Waals surface area contributed by atoms with Gasteiger partial charge in [-0.15, -0.1) is 5.10 Å². The number of aromatic nitrogens is 6. The molecule has 1 aromatic carbocycles. The highest BCUT2D eigenvalue weighted by atomic mass is 35.5. The summed E-state index contributed by atoms with van der Waals surface area (Å²) in [7, 11) is 0. The highest BCUT2D eigenvalue weighted by molar-refractivity contribution is 6.33. The minimum Gasteiger partial charge on any atom is -0.504 e. The van der Waals surface area contributed by atoms with Crippen molar-refractivity contribution in [1.82, 2.24) is 34.0 Å².